The van der Waals surface area contributed by atoms with E-state index in [1.807, 2.05) is 72.6 Å². The normalized spacial score (nSPS) is 11.4. The third kappa shape index (κ3) is 5.81. The predicted molar refractivity (Wildman–Crippen MR) is 162 cm³/mol. The standard InChI is InChI=1S/C32H30FN3O4S/c1-34-32(37)30-27-20-26(22-10-6-4-7-11-22)28(21-29(27)40-31(30)23-14-16-24(33)17-15-23)36(41(3,38)39)19-18-35(2)25-12-8-5-9-13-25/h4-17,20-21H,18-19H2,1-3H3,(H,34,37). The minimum absolute atomic E-state index is 0.170. The highest BCUT2D eigenvalue weighted by Gasteiger charge is 2.27. The lowest BCUT2D eigenvalue weighted by Crippen LogP contribution is -2.37. The first-order valence-electron chi connectivity index (χ1n) is 13.0. The molecule has 0 saturated heterocycles. The van der Waals surface area contributed by atoms with Crippen LogP contribution in [-0.4, -0.2) is 47.8 Å². The molecule has 9 heteroatoms. The first kappa shape index (κ1) is 27.9. The van der Waals surface area contributed by atoms with E-state index in [4.69, 9.17) is 4.42 Å². The smallest absolute Gasteiger partial charge is 0.255 e. The number of carbonyl (C=O) groups is 1. The molecule has 1 N–H and O–H groups in total. The first-order chi connectivity index (χ1) is 19.7. The van der Waals surface area contributed by atoms with Gasteiger partial charge in [-0.05, 0) is 48.0 Å². The molecule has 1 heterocycles. The number of hydrogen-bond donors (Lipinski definition) is 1. The third-order valence-corrected chi connectivity index (χ3v) is 8.14. The number of likely N-dealkylation sites (N-methyl/N-ethyl adjacent to an activating group) is 1. The molecule has 1 amide bonds. The summed E-state index contributed by atoms with van der Waals surface area (Å²) >= 11 is 0. The van der Waals surface area contributed by atoms with E-state index >= 15 is 0 Å². The van der Waals surface area contributed by atoms with Gasteiger partial charge >= 0.3 is 0 Å². The van der Waals surface area contributed by atoms with E-state index < -0.39 is 15.8 Å². The molecule has 5 aromatic rings. The Morgan fingerprint density at radius 2 is 1.51 bits per heavy atom. The Balaban J connectivity index is 1.71. The van der Waals surface area contributed by atoms with Crippen molar-refractivity contribution < 1.29 is 22.0 Å². The summed E-state index contributed by atoms with van der Waals surface area (Å²) in [6.45, 7) is 0.592. The zero-order valence-corrected chi connectivity index (χ0v) is 23.8. The van der Waals surface area contributed by atoms with E-state index in [1.54, 1.807) is 24.3 Å². The van der Waals surface area contributed by atoms with Gasteiger partial charge in [-0.3, -0.25) is 9.10 Å². The number of halogens is 1. The van der Waals surface area contributed by atoms with Crippen LogP contribution >= 0.6 is 0 Å². The molecule has 4 aromatic carbocycles. The zero-order valence-electron chi connectivity index (χ0n) is 23.0. The fraction of sp³-hybridized carbons (Fsp3) is 0.156. The van der Waals surface area contributed by atoms with Crippen molar-refractivity contribution in [2.24, 2.45) is 0 Å². The average Bonchev–Trinajstić information content (AvgIpc) is 3.35. The van der Waals surface area contributed by atoms with Crippen LogP contribution in [0.1, 0.15) is 10.4 Å². The highest BCUT2D eigenvalue weighted by atomic mass is 32.2. The third-order valence-electron chi connectivity index (χ3n) is 6.96. The fourth-order valence-electron chi connectivity index (χ4n) is 4.86. The van der Waals surface area contributed by atoms with Gasteiger partial charge in [0.15, 0.2) is 0 Å². The number of rotatable bonds is 9. The Labute approximate surface area is 238 Å². The Bertz CT molecular complexity index is 1790. The summed E-state index contributed by atoms with van der Waals surface area (Å²) in [7, 11) is -0.297. The van der Waals surface area contributed by atoms with E-state index in [0.717, 1.165) is 11.3 Å². The van der Waals surface area contributed by atoms with Crippen molar-refractivity contribution in [1.82, 2.24) is 5.32 Å². The van der Waals surface area contributed by atoms with Gasteiger partial charge in [0.1, 0.15) is 17.2 Å². The van der Waals surface area contributed by atoms with Gasteiger partial charge in [-0.15, -0.1) is 0 Å². The van der Waals surface area contributed by atoms with Crippen molar-refractivity contribution in [1.29, 1.82) is 0 Å². The number of benzene rings is 4. The van der Waals surface area contributed by atoms with Crippen LogP contribution in [0.5, 0.6) is 0 Å². The van der Waals surface area contributed by atoms with Gasteiger partial charge in [0.2, 0.25) is 10.0 Å². The number of para-hydroxylation sites is 1. The summed E-state index contributed by atoms with van der Waals surface area (Å²) in [6, 6.07) is 28.3. The molecule has 0 saturated carbocycles. The molecule has 0 atom stereocenters. The van der Waals surface area contributed by atoms with Crippen LogP contribution in [0.3, 0.4) is 0 Å². The molecule has 210 valence electrons. The molecule has 0 aliphatic rings. The molecular weight excluding hydrogens is 541 g/mol. The number of nitrogens with one attached hydrogen (secondary N) is 1. The van der Waals surface area contributed by atoms with Gasteiger partial charge in [-0.25, -0.2) is 12.8 Å². The molecule has 5 rings (SSSR count). The molecule has 0 aliphatic heterocycles. The maximum Gasteiger partial charge on any atom is 0.255 e. The summed E-state index contributed by atoms with van der Waals surface area (Å²) in [5, 5.41) is 3.18. The number of amides is 1. The van der Waals surface area contributed by atoms with Crippen molar-refractivity contribution in [3.63, 3.8) is 0 Å². The number of carbonyl (C=O) groups excluding carboxylic acids is 1. The highest BCUT2D eigenvalue weighted by Crippen LogP contribution is 2.41. The second-order valence-electron chi connectivity index (χ2n) is 9.72. The molecule has 0 unspecified atom stereocenters. The second kappa shape index (κ2) is 11.5. The van der Waals surface area contributed by atoms with Crippen molar-refractivity contribution in [3.05, 3.63) is 108 Å². The summed E-state index contributed by atoms with van der Waals surface area (Å²) in [4.78, 5) is 15.1. The monoisotopic (exact) mass is 571 g/mol. The summed E-state index contributed by atoms with van der Waals surface area (Å²) in [6.07, 6.45) is 1.18. The average molecular weight is 572 g/mol. The van der Waals surface area contributed by atoms with Gasteiger partial charge in [0, 0.05) is 48.9 Å². The van der Waals surface area contributed by atoms with Crippen LogP contribution in [0.25, 0.3) is 33.4 Å². The van der Waals surface area contributed by atoms with Gasteiger partial charge in [-0.2, -0.15) is 0 Å². The summed E-state index contributed by atoms with van der Waals surface area (Å²) < 4.78 is 47.8. The van der Waals surface area contributed by atoms with Crippen molar-refractivity contribution in [2.75, 3.05) is 42.6 Å². The van der Waals surface area contributed by atoms with Crippen LogP contribution in [0.15, 0.2) is 101 Å². The number of nitrogens with zero attached hydrogens (tertiary/aromatic N) is 2. The number of anilines is 2. The number of fused-ring (bicyclic) bond motifs is 1. The summed E-state index contributed by atoms with van der Waals surface area (Å²) in [5.41, 5.74) is 3.94. The molecule has 0 fully saturated rings. The highest BCUT2D eigenvalue weighted by molar-refractivity contribution is 7.92. The van der Waals surface area contributed by atoms with Gasteiger partial charge in [0.05, 0.1) is 24.1 Å². The Morgan fingerprint density at radius 1 is 0.878 bits per heavy atom. The molecule has 0 bridgehead atoms. The first-order valence-corrected chi connectivity index (χ1v) is 14.9. The van der Waals surface area contributed by atoms with Crippen LogP contribution in [-0.2, 0) is 10.0 Å². The minimum Gasteiger partial charge on any atom is -0.455 e. The van der Waals surface area contributed by atoms with Gasteiger partial charge in [-0.1, -0.05) is 48.5 Å². The van der Waals surface area contributed by atoms with Gasteiger partial charge < -0.3 is 14.6 Å². The van der Waals surface area contributed by atoms with Crippen LogP contribution in [0.2, 0.25) is 0 Å². The quantitative estimate of drug-likeness (QED) is 0.229. The van der Waals surface area contributed by atoms with Crippen LogP contribution in [0, 0.1) is 5.82 Å². The topological polar surface area (TPSA) is 82.9 Å². The SMILES string of the molecule is CNC(=O)c1c(-c2ccc(F)cc2)oc2cc(N(CCN(C)c3ccccc3)S(C)(=O)=O)c(-c3ccccc3)cc12. The van der Waals surface area contributed by atoms with E-state index in [1.165, 1.54) is 29.7 Å². The molecule has 41 heavy (non-hydrogen) atoms. The molecule has 0 aliphatic carbocycles. The predicted octanol–water partition coefficient (Wildman–Crippen LogP) is 6.17. The van der Waals surface area contributed by atoms with E-state index in [0.29, 0.717) is 34.3 Å². The van der Waals surface area contributed by atoms with E-state index in [-0.39, 0.29) is 23.8 Å². The lowest BCUT2D eigenvalue weighted by molar-refractivity contribution is 0.0964. The Hall–Kier alpha value is -4.63. The largest absolute Gasteiger partial charge is 0.455 e. The molecule has 0 spiro atoms. The number of sulfonamides is 1. The molecule has 7 nitrogen and oxygen atoms in total. The lowest BCUT2D eigenvalue weighted by Gasteiger charge is -2.28. The minimum atomic E-state index is -3.73. The number of hydrogen-bond acceptors (Lipinski definition) is 5. The fourth-order valence-corrected chi connectivity index (χ4v) is 5.78. The summed E-state index contributed by atoms with van der Waals surface area (Å²) in [5.74, 6) is -0.520. The number of furan rings is 1. The Morgan fingerprint density at radius 3 is 2.12 bits per heavy atom. The molecular formula is C32H30FN3O4S. The van der Waals surface area contributed by atoms with Crippen molar-refractivity contribution in [2.45, 2.75) is 0 Å². The van der Waals surface area contributed by atoms with Crippen LogP contribution in [0.4, 0.5) is 15.8 Å². The maximum absolute atomic E-state index is 13.7. The second-order valence-corrected chi connectivity index (χ2v) is 11.6. The van der Waals surface area contributed by atoms with Gasteiger partial charge in [0.25, 0.3) is 5.91 Å². The maximum atomic E-state index is 13.7. The zero-order chi connectivity index (χ0) is 29.1. The van der Waals surface area contributed by atoms with Crippen LogP contribution < -0.4 is 14.5 Å². The van der Waals surface area contributed by atoms with E-state index in [2.05, 4.69) is 5.32 Å². The van der Waals surface area contributed by atoms with E-state index in [9.17, 15) is 17.6 Å². The molecule has 0 radical (unpaired) electrons. The molecule has 1 aromatic heterocycles. The Kier molecular flexibility index (Phi) is 7.81. The van der Waals surface area contributed by atoms with Crippen molar-refractivity contribution in [3.8, 4) is 22.5 Å². The van der Waals surface area contributed by atoms with Crippen molar-refractivity contribution >= 4 is 38.3 Å². The lowest BCUT2D eigenvalue weighted by atomic mass is 9.98.